The minimum absolute atomic E-state index is 0.0862. The Morgan fingerprint density at radius 2 is 1.83 bits per heavy atom. The molecule has 2 N–H and O–H groups in total. The van der Waals surface area contributed by atoms with Crippen LogP contribution in [0.3, 0.4) is 0 Å². The van der Waals surface area contributed by atoms with Crippen LogP contribution in [0.15, 0.2) is 0 Å². The summed E-state index contributed by atoms with van der Waals surface area (Å²) in [5.41, 5.74) is 0.0862. The number of rotatable bonds is 6. The monoisotopic (exact) mass is 256 g/mol. The summed E-state index contributed by atoms with van der Waals surface area (Å²) in [6, 6.07) is 0.702. The highest BCUT2D eigenvalue weighted by Crippen LogP contribution is 2.22. The first-order valence-corrected chi connectivity index (χ1v) is 7.59. The van der Waals surface area contributed by atoms with E-state index in [2.05, 4.69) is 37.9 Å². The van der Waals surface area contributed by atoms with Gasteiger partial charge in [-0.25, -0.2) is 0 Å². The van der Waals surface area contributed by atoms with Crippen LogP contribution in [0.25, 0.3) is 0 Å². The summed E-state index contributed by atoms with van der Waals surface area (Å²) in [4.78, 5) is 2.47. The van der Waals surface area contributed by atoms with Crippen LogP contribution >= 0.6 is 0 Å². The Labute approximate surface area is 113 Å². The van der Waals surface area contributed by atoms with Crippen molar-refractivity contribution in [2.24, 2.45) is 0 Å². The Bertz CT molecular complexity index is 219. The number of hydrogen-bond donors (Lipinski definition) is 2. The molecular formula is C15H32N2O. The highest BCUT2D eigenvalue weighted by molar-refractivity contribution is 4.79. The van der Waals surface area contributed by atoms with Crippen molar-refractivity contribution in [2.45, 2.75) is 77.5 Å². The summed E-state index contributed by atoms with van der Waals surface area (Å²) in [6.07, 6.45) is 6.48. The van der Waals surface area contributed by atoms with Crippen molar-refractivity contribution in [2.75, 3.05) is 19.6 Å². The smallest absolute Gasteiger partial charge is 0.0791 e. The molecule has 0 bridgehead atoms. The summed E-state index contributed by atoms with van der Waals surface area (Å²) < 4.78 is 0. The van der Waals surface area contributed by atoms with E-state index in [4.69, 9.17) is 0 Å². The molecule has 1 aliphatic carbocycles. The molecule has 1 atom stereocenters. The van der Waals surface area contributed by atoms with Crippen molar-refractivity contribution in [1.82, 2.24) is 10.2 Å². The molecule has 0 aliphatic heterocycles. The molecule has 1 unspecified atom stereocenters. The molecule has 1 saturated carbocycles. The van der Waals surface area contributed by atoms with Crippen LogP contribution in [0, 0.1) is 0 Å². The van der Waals surface area contributed by atoms with Crippen molar-refractivity contribution >= 4 is 0 Å². The lowest BCUT2D eigenvalue weighted by Gasteiger charge is -2.35. The van der Waals surface area contributed by atoms with Crippen molar-refractivity contribution in [1.29, 1.82) is 0 Å². The summed E-state index contributed by atoms with van der Waals surface area (Å²) in [5.74, 6) is 0. The van der Waals surface area contributed by atoms with E-state index in [0.717, 1.165) is 13.1 Å². The van der Waals surface area contributed by atoms with E-state index in [1.165, 1.54) is 32.1 Å². The van der Waals surface area contributed by atoms with Crippen LogP contribution in [-0.2, 0) is 0 Å². The van der Waals surface area contributed by atoms with E-state index in [9.17, 15) is 5.11 Å². The van der Waals surface area contributed by atoms with Gasteiger partial charge in [-0.3, -0.25) is 4.90 Å². The summed E-state index contributed by atoms with van der Waals surface area (Å²) >= 11 is 0. The van der Waals surface area contributed by atoms with E-state index < -0.39 is 0 Å². The maximum absolute atomic E-state index is 10.1. The molecule has 18 heavy (non-hydrogen) atoms. The van der Waals surface area contributed by atoms with Crippen LogP contribution in [0.1, 0.15) is 59.8 Å². The molecule has 0 aromatic carbocycles. The third-order valence-electron chi connectivity index (χ3n) is 3.81. The predicted octanol–water partition coefficient (Wildman–Crippen LogP) is 2.39. The zero-order valence-electron chi connectivity index (χ0n) is 12.7. The molecular weight excluding hydrogens is 224 g/mol. The Morgan fingerprint density at radius 1 is 1.22 bits per heavy atom. The predicted molar refractivity (Wildman–Crippen MR) is 77.9 cm³/mol. The minimum Gasteiger partial charge on any atom is -0.390 e. The van der Waals surface area contributed by atoms with Gasteiger partial charge in [0.2, 0.25) is 0 Å². The Balaban J connectivity index is 2.32. The lowest BCUT2D eigenvalue weighted by atomic mass is 9.94. The second kappa shape index (κ2) is 7.46. The fourth-order valence-corrected chi connectivity index (χ4v) is 2.74. The second-order valence-corrected chi connectivity index (χ2v) is 6.66. The average Bonchev–Trinajstić information content (AvgIpc) is 2.33. The highest BCUT2D eigenvalue weighted by atomic mass is 16.3. The lowest BCUT2D eigenvalue weighted by molar-refractivity contribution is 0.0727. The number of nitrogens with one attached hydrogen (secondary N) is 1. The number of likely N-dealkylation sites (N-methyl/N-ethyl adjacent to an activating group) is 1. The topological polar surface area (TPSA) is 35.5 Å². The molecule has 0 radical (unpaired) electrons. The van der Waals surface area contributed by atoms with Gasteiger partial charge in [0.05, 0.1) is 6.10 Å². The standard InChI is InChI=1S/C15H32N2O/c1-5-17(13-9-7-6-8-10-13)12-14(18)11-16-15(2,3)4/h13-14,16,18H,5-12H2,1-4H3. The van der Waals surface area contributed by atoms with Crippen molar-refractivity contribution in [3.8, 4) is 0 Å². The van der Waals surface area contributed by atoms with Crippen LogP contribution in [0.5, 0.6) is 0 Å². The average molecular weight is 256 g/mol. The van der Waals surface area contributed by atoms with Crippen LogP contribution in [0.2, 0.25) is 0 Å². The van der Waals surface area contributed by atoms with E-state index >= 15 is 0 Å². The van der Waals surface area contributed by atoms with E-state index in [-0.39, 0.29) is 11.6 Å². The SMILES string of the molecule is CCN(CC(O)CNC(C)(C)C)C1CCCCC1. The second-order valence-electron chi connectivity index (χ2n) is 6.66. The summed E-state index contributed by atoms with van der Waals surface area (Å²) in [7, 11) is 0. The molecule has 0 heterocycles. The highest BCUT2D eigenvalue weighted by Gasteiger charge is 2.22. The first-order chi connectivity index (χ1) is 8.42. The molecule has 1 aliphatic rings. The first kappa shape index (κ1) is 15.9. The molecule has 0 spiro atoms. The normalized spacial score (nSPS) is 20.3. The number of aliphatic hydroxyl groups is 1. The molecule has 1 fully saturated rings. The number of hydrogen-bond acceptors (Lipinski definition) is 3. The van der Waals surface area contributed by atoms with E-state index in [0.29, 0.717) is 12.6 Å². The van der Waals surface area contributed by atoms with Gasteiger partial charge in [-0.05, 0) is 40.2 Å². The van der Waals surface area contributed by atoms with Gasteiger partial charge in [-0.15, -0.1) is 0 Å². The third kappa shape index (κ3) is 6.17. The van der Waals surface area contributed by atoms with Gasteiger partial charge in [-0.1, -0.05) is 26.2 Å². The first-order valence-electron chi connectivity index (χ1n) is 7.59. The number of β-amino-alcohol motifs (C(OH)–C–C–N with tert-alkyl or cyclic N) is 1. The van der Waals surface area contributed by atoms with Crippen LogP contribution in [-0.4, -0.2) is 47.3 Å². The van der Waals surface area contributed by atoms with Crippen molar-refractivity contribution < 1.29 is 5.11 Å². The molecule has 0 aromatic rings. The van der Waals surface area contributed by atoms with E-state index in [1.807, 2.05) is 0 Å². The van der Waals surface area contributed by atoms with Gasteiger partial charge in [0.15, 0.2) is 0 Å². The Morgan fingerprint density at radius 3 is 2.33 bits per heavy atom. The van der Waals surface area contributed by atoms with Crippen LogP contribution < -0.4 is 5.32 Å². The zero-order chi connectivity index (χ0) is 13.6. The minimum atomic E-state index is -0.258. The molecule has 1 rings (SSSR count). The van der Waals surface area contributed by atoms with Gasteiger partial charge in [0.1, 0.15) is 0 Å². The van der Waals surface area contributed by atoms with Gasteiger partial charge in [0.25, 0.3) is 0 Å². The number of nitrogens with zero attached hydrogens (tertiary/aromatic N) is 1. The Hall–Kier alpha value is -0.120. The van der Waals surface area contributed by atoms with E-state index in [1.54, 1.807) is 0 Å². The molecule has 0 amide bonds. The molecule has 3 heteroatoms. The molecule has 3 nitrogen and oxygen atoms in total. The summed E-state index contributed by atoms with van der Waals surface area (Å²) in [6.45, 7) is 11.2. The van der Waals surface area contributed by atoms with Crippen molar-refractivity contribution in [3.05, 3.63) is 0 Å². The Kier molecular flexibility index (Phi) is 6.61. The molecule has 108 valence electrons. The quantitative estimate of drug-likeness (QED) is 0.766. The molecule has 0 aromatic heterocycles. The van der Waals surface area contributed by atoms with Gasteiger partial charge in [-0.2, -0.15) is 0 Å². The fourth-order valence-electron chi connectivity index (χ4n) is 2.74. The molecule has 0 saturated heterocycles. The van der Waals surface area contributed by atoms with Crippen LogP contribution in [0.4, 0.5) is 0 Å². The number of aliphatic hydroxyl groups excluding tert-OH is 1. The van der Waals surface area contributed by atoms with Gasteiger partial charge < -0.3 is 10.4 Å². The lowest BCUT2D eigenvalue weighted by Crippen LogP contribution is -2.47. The maximum atomic E-state index is 10.1. The maximum Gasteiger partial charge on any atom is 0.0791 e. The summed E-state index contributed by atoms with van der Waals surface area (Å²) in [5, 5.41) is 13.5. The zero-order valence-corrected chi connectivity index (χ0v) is 12.7. The van der Waals surface area contributed by atoms with Gasteiger partial charge >= 0.3 is 0 Å². The third-order valence-corrected chi connectivity index (χ3v) is 3.81. The fraction of sp³-hybridized carbons (Fsp3) is 1.00. The van der Waals surface area contributed by atoms with Gasteiger partial charge in [0, 0.05) is 24.7 Å². The largest absolute Gasteiger partial charge is 0.390 e. The van der Waals surface area contributed by atoms with Crippen molar-refractivity contribution in [3.63, 3.8) is 0 Å².